The maximum absolute atomic E-state index is 12.2. The number of halogens is 1. The van der Waals surface area contributed by atoms with Crippen LogP contribution in [0.25, 0.3) is 6.08 Å². The third-order valence-corrected chi connectivity index (χ3v) is 5.45. The Hall–Kier alpha value is -1.33. The van der Waals surface area contributed by atoms with Crippen molar-refractivity contribution in [2.75, 3.05) is 5.75 Å². The highest BCUT2D eigenvalue weighted by Crippen LogP contribution is 2.29. The minimum absolute atomic E-state index is 0.117. The topological polar surface area (TPSA) is 71.4 Å². The van der Waals surface area contributed by atoms with E-state index in [9.17, 15) is 13.2 Å². The van der Waals surface area contributed by atoms with Crippen molar-refractivity contribution in [1.29, 1.82) is 0 Å². The van der Waals surface area contributed by atoms with Gasteiger partial charge in [0.2, 0.25) is 0 Å². The Bertz CT molecular complexity index is 662. The molecule has 0 atom stereocenters. The molecule has 1 aliphatic rings. The fourth-order valence-electron chi connectivity index (χ4n) is 2.22. The van der Waals surface area contributed by atoms with Crippen LogP contribution in [-0.4, -0.2) is 25.2 Å². The van der Waals surface area contributed by atoms with E-state index >= 15 is 0 Å². The first kappa shape index (κ1) is 15.1. The van der Waals surface area contributed by atoms with E-state index in [1.807, 2.05) is 12.1 Å². The van der Waals surface area contributed by atoms with Crippen molar-refractivity contribution in [2.24, 2.45) is 0 Å². The minimum Gasteiger partial charge on any atom is -0.481 e. The largest absolute Gasteiger partial charge is 0.481 e. The summed E-state index contributed by atoms with van der Waals surface area (Å²) in [5, 5.41) is 9.20. The average molecular weight is 315 g/mol. The molecule has 6 heteroatoms. The summed E-state index contributed by atoms with van der Waals surface area (Å²) in [7, 11) is -3.37. The molecule has 108 valence electrons. The molecule has 1 N–H and O–H groups in total. The number of aliphatic carboxylic acids is 1. The van der Waals surface area contributed by atoms with Gasteiger partial charge in [-0.15, -0.1) is 0 Å². The van der Waals surface area contributed by atoms with Gasteiger partial charge in [-0.3, -0.25) is 4.79 Å². The van der Waals surface area contributed by atoms with Gasteiger partial charge in [0.1, 0.15) is 0 Å². The molecular formula is C14H15ClO4S. The summed E-state index contributed by atoms with van der Waals surface area (Å²) < 4.78 is 24.3. The maximum atomic E-state index is 12.2. The number of carbonyl (C=O) groups is 1. The van der Waals surface area contributed by atoms with Gasteiger partial charge in [-0.05, 0) is 48.6 Å². The molecule has 1 aromatic rings. The summed E-state index contributed by atoms with van der Waals surface area (Å²) >= 11 is 5.91. The maximum Gasteiger partial charge on any atom is 0.303 e. The molecule has 1 aliphatic carbocycles. The van der Waals surface area contributed by atoms with Crippen LogP contribution in [0, 0.1) is 0 Å². The molecule has 0 aliphatic heterocycles. The molecule has 0 spiro atoms. The number of allylic oxidation sites excluding steroid dienone is 1. The lowest BCUT2D eigenvalue weighted by Gasteiger charge is -2.16. The Morgan fingerprint density at radius 1 is 1.30 bits per heavy atom. The number of fused-ring (bicyclic) bond motifs is 1. The predicted octanol–water partition coefficient (Wildman–Crippen LogP) is 2.91. The zero-order chi connectivity index (χ0) is 14.8. The van der Waals surface area contributed by atoms with E-state index in [1.165, 1.54) is 0 Å². The first-order chi connectivity index (χ1) is 9.38. The fourth-order valence-corrected chi connectivity index (χ4v) is 3.93. The summed E-state index contributed by atoms with van der Waals surface area (Å²) in [6.07, 6.45) is 2.77. The lowest BCUT2D eigenvalue weighted by Crippen LogP contribution is -2.13. The van der Waals surface area contributed by atoms with E-state index in [1.54, 1.807) is 12.1 Å². The lowest BCUT2D eigenvalue weighted by atomic mass is 9.97. The van der Waals surface area contributed by atoms with Crippen molar-refractivity contribution in [3.8, 4) is 0 Å². The molecule has 0 amide bonds. The van der Waals surface area contributed by atoms with Crippen molar-refractivity contribution >= 4 is 33.5 Å². The van der Waals surface area contributed by atoms with Gasteiger partial charge >= 0.3 is 5.97 Å². The number of rotatable bonds is 5. The summed E-state index contributed by atoms with van der Waals surface area (Å²) in [6, 6.07) is 5.39. The Kier molecular flexibility index (Phi) is 4.50. The van der Waals surface area contributed by atoms with Gasteiger partial charge in [-0.1, -0.05) is 17.7 Å². The molecule has 0 aromatic heterocycles. The van der Waals surface area contributed by atoms with Crippen molar-refractivity contribution in [3.05, 3.63) is 39.3 Å². The summed E-state index contributed by atoms with van der Waals surface area (Å²) in [5.74, 6) is -1.09. The smallest absolute Gasteiger partial charge is 0.303 e. The van der Waals surface area contributed by atoms with Crippen LogP contribution in [0.2, 0.25) is 5.02 Å². The van der Waals surface area contributed by atoms with E-state index in [-0.39, 0.29) is 18.6 Å². The van der Waals surface area contributed by atoms with Crippen molar-refractivity contribution in [3.63, 3.8) is 0 Å². The van der Waals surface area contributed by atoms with Gasteiger partial charge in [0.15, 0.2) is 9.84 Å². The van der Waals surface area contributed by atoms with E-state index in [2.05, 4.69) is 0 Å². The zero-order valence-electron chi connectivity index (χ0n) is 10.8. The standard InChI is InChI=1S/C14H15ClO4S/c15-12-5-3-11-9-13(6-4-10(11)8-12)20(18,19)7-1-2-14(16)17/h3,5,8-9H,1-2,4,6-7H2,(H,16,17). The zero-order valence-corrected chi connectivity index (χ0v) is 12.4. The van der Waals surface area contributed by atoms with Crippen LogP contribution in [0.5, 0.6) is 0 Å². The number of benzene rings is 1. The Labute approximate surface area is 123 Å². The molecule has 20 heavy (non-hydrogen) atoms. The van der Waals surface area contributed by atoms with Gasteiger partial charge in [0.05, 0.1) is 5.75 Å². The number of hydrogen-bond donors (Lipinski definition) is 1. The van der Waals surface area contributed by atoms with Crippen LogP contribution < -0.4 is 0 Å². The molecular weight excluding hydrogens is 300 g/mol. The van der Waals surface area contributed by atoms with Crippen LogP contribution in [0.3, 0.4) is 0 Å². The number of aryl methyl sites for hydroxylation is 1. The summed E-state index contributed by atoms with van der Waals surface area (Å²) in [6.45, 7) is 0. The fraction of sp³-hybridized carbons (Fsp3) is 0.357. The monoisotopic (exact) mass is 314 g/mol. The van der Waals surface area contributed by atoms with Crippen LogP contribution in [0.15, 0.2) is 23.1 Å². The lowest BCUT2D eigenvalue weighted by molar-refractivity contribution is -0.137. The number of hydrogen-bond acceptors (Lipinski definition) is 3. The Morgan fingerprint density at radius 2 is 2.05 bits per heavy atom. The second-order valence-corrected chi connectivity index (χ2v) is 7.37. The first-order valence-corrected chi connectivity index (χ1v) is 8.35. The van der Waals surface area contributed by atoms with Gasteiger partial charge in [0.25, 0.3) is 0 Å². The molecule has 0 radical (unpaired) electrons. The van der Waals surface area contributed by atoms with Crippen molar-refractivity contribution in [1.82, 2.24) is 0 Å². The molecule has 0 unspecified atom stereocenters. The van der Waals surface area contributed by atoms with E-state index in [4.69, 9.17) is 16.7 Å². The van der Waals surface area contributed by atoms with Gasteiger partial charge in [-0.25, -0.2) is 8.42 Å². The average Bonchev–Trinajstić information content (AvgIpc) is 2.37. The molecule has 0 bridgehead atoms. The van der Waals surface area contributed by atoms with Gasteiger partial charge in [-0.2, -0.15) is 0 Å². The van der Waals surface area contributed by atoms with Gasteiger partial charge < -0.3 is 5.11 Å². The molecule has 0 saturated carbocycles. The highest BCUT2D eigenvalue weighted by molar-refractivity contribution is 7.95. The van der Waals surface area contributed by atoms with E-state index in [0.29, 0.717) is 22.8 Å². The van der Waals surface area contributed by atoms with Gasteiger partial charge in [0, 0.05) is 16.3 Å². The van der Waals surface area contributed by atoms with Crippen molar-refractivity contribution in [2.45, 2.75) is 25.7 Å². The number of sulfone groups is 1. The third kappa shape index (κ3) is 3.61. The number of carboxylic acids is 1. The molecule has 4 nitrogen and oxygen atoms in total. The number of carboxylic acid groups (broad SMARTS) is 1. The molecule has 0 fully saturated rings. The molecule has 1 aromatic carbocycles. The van der Waals surface area contributed by atoms with E-state index in [0.717, 1.165) is 11.1 Å². The third-order valence-electron chi connectivity index (χ3n) is 3.27. The predicted molar refractivity (Wildman–Crippen MR) is 78.4 cm³/mol. The molecule has 0 heterocycles. The van der Waals surface area contributed by atoms with Crippen LogP contribution in [0.1, 0.15) is 30.4 Å². The molecule has 0 saturated heterocycles. The SMILES string of the molecule is O=C(O)CCCS(=O)(=O)C1=Cc2ccc(Cl)cc2CC1. The minimum atomic E-state index is -3.37. The summed E-state index contributed by atoms with van der Waals surface area (Å²) in [5.41, 5.74) is 1.92. The molecule has 2 rings (SSSR count). The van der Waals surface area contributed by atoms with Crippen LogP contribution in [0.4, 0.5) is 0 Å². The van der Waals surface area contributed by atoms with E-state index < -0.39 is 15.8 Å². The Balaban J connectivity index is 2.17. The summed E-state index contributed by atoms with van der Waals surface area (Å²) in [4.78, 5) is 10.8. The quantitative estimate of drug-likeness (QED) is 0.907. The second-order valence-electron chi connectivity index (χ2n) is 4.77. The van der Waals surface area contributed by atoms with Crippen molar-refractivity contribution < 1.29 is 18.3 Å². The first-order valence-electron chi connectivity index (χ1n) is 6.32. The normalized spacial score (nSPS) is 14.6. The Morgan fingerprint density at radius 3 is 2.75 bits per heavy atom. The highest BCUT2D eigenvalue weighted by Gasteiger charge is 2.22. The van der Waals surface area contributed by atoms with Crippen LogP contribution >= 0.6 is 11.6 Å². The highest BCUT2D eigenvalue weighted by atomic mass is 35.5. The van der Waals surface area contributed by atoms with Crippen LogP contribution in [-0.2, 0) is 21.1 Å². The second kappa shape index (κ2) is 5.97.